The van der Waals surface area contributed by atoms with E-state index < -0.39 is 5.92 Å². The Balaban J connectivity index is 1.28. The normalized spacial score (nSPS) is 15.4. The maximum atomic E-state index is 13.1. The molecule has 5 rings (SSSR count). The highest BCUT2D eigenvalue weighted by Crippen LogP contribution is 2.28. The first-order valence-electron chi connectivity index (χ1n) is 11.5. The first-order chi connectivity index (χ1) is 17.0. The molecular weight excluding hydrogens is 442 g/mol. The van der Waals surface area contributed by atoms with Crippen molar-refractivity contribution in [2.75, 3.05) is 16.8 Å². The lowest BCUT2D eigenvalue weighted by atomic mass is 10.1. The van der Waals surface area contributed by atoms with Gasteiger partial charge in [-0.25, -0.2) is 0 Å². The number of nitrogens with zero attached hydrogens (tertiary/aromatic N) is 4. The number of hydrogen-bond donors (Lipinski definition) is 1. The van der Waals surface area contributed by atoms with Gasteiger partial charge in [-0.1, -0.05) is 29.4 Å². The molecule has 2 amide bonds. The molecule has 4 aromatic rings. The number of rotatable bonds is 6. The van der Waals surface area contributed by atoms with E-state index in [0.29, 0.717) is 30.4 Å². The molecule has 2 aromatic heterocycles. The Morgan fingerprint density at radius 1 is 1.11 bits per heavy atom. The number of hydrogen-bond acceptors (Lipinski definition) is 6. The van der Waals surface area contributed by atoms with Crippen molar-refractivity contribution >= 4 is 23.2 Å². The van der Waals surface area contributed by atoms with Crippen LogP contribution in [0.3, 0.4) is 0 Å². The molecule has 1 unspecified atom stereocenters. The van der Waals surface area contributed by atoms with Gasteiger partial charge in [0.1, 0.15) is 0 Å². The highest BCUT2D eigenvalue weighted by Gasteiger charge is 2.35. The molecule has 176 valence electrons. The van der Waals surface area contributed by atoms with Crippen molar-refractivity contribution in [3.63, 3.8) is 0 Å². The Kier molecular flexibility index (Phi) is 6.10. The van der Waals surface area contributed by atoms with Crippen LogP contribution in [-0.4, -0.2) is 33.5 Å². The van der Waals surface area contributed by atoms with Crippen molar-refractivity contribution in [2.45, 2.75) is 26.7 Å². The molecule has 0 radical (unpaired) electrons. The molecule has 2 aromatic carbocycles. The van der Waals surface area contributed by atoms with E-state index in [2.05, 4.69) is 20.4 Å². The van der Waals surface area contributed by atoms with Crippen molar-refractivity contribution in [1.29, 1.82) is 0 Å². The highest BCUT2D eigenvalue weighted by atomic mass is 16.5. The number of aromatic nitrogens is 3. The zero-order valence-corrected chi connectivity index (χ0v) is 19.6. The van der Waals surface area contributed by atoms with E-state index >= 15 is 0 Å². The van der Waals surface area contributed by atoms with Gasteiger partial charge in [-0.05, 0) is 60.9 Å². The van der Waals surface area contributed by atoms with E-state index in [1.807, 2.05) is 68.4 Å². The van der Waals surface area contributed by atoms with Crippen LogP contribution >= 0.6 is 0 Å². The SMILES string of the molecule is Cc1ccc(N2CC(C(=O)Nc3ccccc3Cc3nc(-c4cccnc4)no3)CC2=O)cc1C. The number of anilines is 2. The number of pyridine rings is 1. The molecule has 1 fully saturated rings. The molecule has 1 aliphatic heterocycles. The van der Waals surface area contributed by atoms with E-state index in [1.165, 1.54) is 5.56 Å². The summed E-state index contributed by atoms with van der Waals surface area (Å²) in [5.74, 6) is 0.236. The van der Waals surface area contributed by atoms with Gasteiger partial charge in [0.25, 0.3) is 0 Å². The van der Waals surface area contributed by atoms with Crippen LogP contribution < -0.4 is 10.2 Å². The zero-order chi connectivity index (χ0) is 24.4. The van der Waals surface area contributed by atoms with Gasteiger partial charge in [0.05, 0.1) is 12.3 Å². The van der Waals surface area contributed by atoms with Crippen molar-refractivity contribution in [3.8, 4) is 11.4 Å². The molecule has 1 N–H and O–H groups in total. The smallest absolute Gasteiger partial charge is 0.231 e. The maximum absolute atomic E-state index is 13.1. The lowest BCUT2D eigenvalue weighted by molar-refractivity contribution is -0.122. The summed E-state index contributed by atoms with van der Waals surface area (Å²) in [6.45, 7) is 4.41. The Bertz CT molecular complexity index is 1380. The van der Waals surface area contributed by atoms with Crippen molar-refractivity contribution in [3.05, 3.63) is 89.6 Å². The topological polar surface area (TPSA) is 101 Å². The molecule has 35 heavy (non-hydrogen) atoms. The number of amides is 2. The number of carbonyl (C=O) groups excluding carboxylic acids is 2. The van der Waals surface area contributed by atoms with Crippen LogP contribution in [0.2, 0.25) is 0 Å². The summed E-state index contributed by atoms with van der Waals surface area (Å²) in [6, 6.07) is 17.1. The van der Waals surface area contributed by atoms with E-state index in [0.717, 1.165) is 22.4 Å². The lowest BCUT2D eigenvalue weighted by Crippen LogP contribution is -2.28. The van der Waals surface area contributed by atoms with Crippen LogP contribution in [0.5, 0.6) is 0 Å². The third kappa shape index (κ3) is 4.82. The summed E-state index contributed by atoms with van der Waals surface area (Å²) < 4.78 is 5.42. The van der Waals surface area contributed by atoms with E-state index in [1.54, 1.807) is 17.3 Å². The van der Waals surface area contributed by atoms with Crippen LogP contribution in [0, 0.1) is 19.8 Å². The van der Waals surface area contributed by atoms with E-state index in [4.69, 9.17) is 4.52 Å². The molecule has 0 saturated carbocycles. The minimum absolute atomic E-state index is 0.0459. The van der Waals surface area contributed by atoms with Gasteiger partial charge in [0.2, 0.25) is 23.5 Å². The van der Waals surface area contributed by atoms with Gasteiger partial charge in [0, 0.05) is 42.3 Å². The molecule has 3 heterocycles. The lowest BCUT2D eigenvalue weighted by Gasteiger charge is -2.18. The number of benzene rings is 2. The van der Waals surface area contributed by atoms with Crippen LogP contribution in [0.15, 0.2) is 71.5 Å². The van der Waals surface area contributed by atoms with Crippen LogP contribution in [0.1, 0.15) is 29.0 Å². The fourth-order valence-corrected chi connectivity index (χ4v) is 4.16. The molecule has 8 heteroatoms. The van der Waals surface area contributed by atoms with E-state index in [9.17, 15) is 9.59 Å². The van der Waals surface area contributed by atoms with Gasteiger partial charge in [-0.3, -0.25) is 14.6 Å². The number of carbonyl (C=O) groups is 2. The third-order valence-corrected chi connectivity index (χ3v) is 6.30. The largest absolute Gasteiger partial charge is 0.339 e. The zero-order valence-electron chi connectivity index (χ0n) is 19.6. The summed E-state index contributed by atoms with van der Waals surface area (Å²) in [5.41, 5.74) is 5.39. The molecule has 1 aliphatic rings. The molecule has 0 spiro atoms. The summed E-state index contributed by atoms with van der Waals surface area (Å²) in [4.78, 5) is 36.0. The average Bonchev–Trinajstić information content (AvgIpc) is 3.49. The molecule has 0 bridgehead atoms. The predicted octanol–water partition coefficient (Wildman–Crippen LogP) is 4.33. The van der Waals surface area contributed by atoms with Gasteiger partial charge < -0.3 is 14.7 Å². The van der Waals surface area contributed by atoms with E-state index in [-0.39, 0.29) is 18.2 Å². The first kappa shape index (κ1) is 22.5. The Hall–Kier alpha value is -4.33. The number of para-hydroxylation sites is 1. The second kappa shape index (κ2) is 9.50. The quantitative estimate of drug-likeness (QED) is 0.453. The van der Waals surface area contributed by atoms with Gasteiger partial charge in [-0.15, -0.1) is 0 Å². The molecule has 0 aliphatic carbocycles. The fraction of sp³-hybridized carbons (Fsp3) is 0.222. The maximum Gasteiger partial charge on any atom is 0.231 e. The Morgan fingerprint density at radius 2 is 1.97 bits per heavy atom. The minimum atomic E-state index is -0.433. The molecule has 1 saturated heterocycles. The second-order valence-corrected chi connectivity index (χ2v) is 8.75. The molecule has 1 atom stereocenters. The van der Waals surface area contributed by atoms with Crippen molar-refractivity contribution in [2.24, 2.45) is 5.92 Å². The number of aryl methyl sites for hydroxylation is 2. The van der Waals surface area contributed by atoms with Crippen LogP contribution in [0.25, 0.3) is 11.4 Å². The minimum Gasteiger partial charge on any atom is -0.339 e. The van der Waals surface area contributed by atoms with Crippen LogP contribution in [-0.2, 0) is 16.0 Å². The summed E-state index contributed by atoms with van der Waals surface area (Å²) in [6.07, 6.45) is 3.90. The summed E-state index contributed by atoms with van der Waals surface area (Å²) >= 11 is 0. The third-order valence-electron chi connectivity index (χ3n) is 6.30. The summed E-state index contributed by atoms with van der Waals surface area (Å²) in [7, 11) is 0. The molecular formula is C27H25N5O3. The predicted molar refractivity (Wildman–Crippen MR) is 132 cm³/mol. The van der Waals surface area contributed by atoms with Crippen molar-refractivity contribution in [1.82, 2.24) is 15.1 Å². The summed E-state index contributed by atoms with van der Waals surface area (Å²) in [5, 5.41) is 7.04. The average molecular weight is 468 g/mol. The van der Waals surface area contributed by atoms with Gasteiger partial charge >= 0.3 is 0 Å². The van der Waals surface area contributed by atoms with Gasteiger partial charge in [-0.2, -0.15) is 4.98 Å². The monoisotopic (exact) mass is 467 g/mol. The number of nitrogens with one attached hydrogen (secondary N) is 1. The first-order valence-corrected chi connectivity index (χ1v) is 11.5. The van der Waals surface area contributed by atoms with Crippen LogP contribution in [0.4, 0.5) is 11.4 Å². The Labute approximate surface area is 203 Å². The van der Waals surface area contributed by atoms with Gasteiger partial charge in [0.15, 0.2) is 0 Å². The van der Waals surface area contributed by atoms with Crippen molar-refractivity contribution < 1.29 is 14.1 Å². The highest BCUT2D eigenvalue weighted by molar-refractivity contribution is 6.03. The fourth-order valence-electron chi connectivity index (χ4n) is 4.16. The molecule has 8 nitrogen and oxygen atoms in total. The standard InChI is InChI=1S/C27H25N5O3/c1-17-9-10-22(12-18(17)2)32-16-21(14-25(32)33)27(34)29-23-8-4-3-6-19(23)13-24-30-26(31-35-24)20-7-5-11-28-15-20/h3-12,15,21H,13-14,16H2,1-2H3,(H,29,34). The second-order valence-electron chi connectivity index (χ2n) is 8.75. The Morgan fingerprint density at radius 3 is 2.77 bits per heavy atom.